The zero-order valence-electron chi connectivity index (χ0n) is 8.03. The molecule has 2 nitrogen and oxygen atoms in total. The molecule has 0 aromatic carbocycles. The predicted octanol–water partition coefficient (Wildman–Crippen LogP) is 1.72. The van der Waals surface area contributed by atoms with Crippen molar-refractivity contribution in [1.82, 2.24) is 0 Å². The average Bonchev–Trinajstić information content (AvgIpc) is 2.10. The Kier molecular flexibility index (Phi) is 7.11. The van der Waals surface area contributed by atoms with E-state index in [0.717, 1.165) is 12.8 Å². The molecule has 0 saturated carbocycles. The van der Waals surface area contributed by atoms with Crippen LogP contribution in [0.25, 0.3) is 0 Å². The molecule has 0 aliphatic heterocycles. The van der Waals surface area contributed by atoms with Crippen LogP contribution in [0.1, 0.15) is 33.1 Å². The Morgan fingerprint density at radius 1 is 1.42 bits per heavy atom. The first-order valence-corrected chi connectivity index (χ1v) is 4.68. The van der Waals surface area contributed by atoms with Crippen LogP contribution in [0.4, 0.5) is 0 Å². The molecular formula is C10H20O2. The van der Waals surface area contributed by atoms with E-state index in [1.165, 1.54) is 6.42 Å². The molecule has 0 unspecified atom stereocenters. The van der Waals surface area contributed by atoms with E-state index in [-0.39, 0.29) is 12.5 Å². The van der Waals surface area contributed by atoms with Gasteiger partial charge in [0.15, 0.2) is 0 Å². The third-order valence-corrected chi connectivity index (χ3v) is 1.93. The van der Waals surface area contributed by atoms with Crippen molar-refractivity contribution in [2.75, 3.05) is 6.61 Å². The number of aliphatic hydroxyl groups excluding tert-OH is 2. The summed E-state index contributed by atoms with van der Waals surface area (Å²) >= 11 is 0. The van der Waals surface area contributed by atoms with Crippen molar-refractivity contribution in [3.8, 4) is 0 Å². The number of hydrogen-bond donors (Lipinski definition) is 2. The summed E-state index contributed by atoms with van der Waals surface area (Å²) in [5, 5.41) is 18.1. The maximum atomic E-state index is 9.37. The fraction of sp³-hybridized carbons (Fsp3) is 0.800. The molecule has 0 aliphatic carbocycles. The topological polar surface area (TPSA) is 40.5 Å². The highest BCUT2D eigenvalue weighted by molar-refractivity contribution is 4.90. The largest absolute Gasteiger partial charge is 0.396 e. The molecule has 2 heteroatoms. The summed E-state index contributed by atoms with van der Waals surface area (Å²) < 4.78 is 0. The van der Waals surface area contributed by atoms with E-state index in [9.17, 15) is 5.11 Å². The Balaban J connectivity index is 3.52. The van der Waals surface area contributed by atoms with Crippen molar-refractivity contribution in [2.24, 2.45) is 5.92 Å². The van der Waals surface area contributed by atoms with Crippen LogP contribution in [0.3, 0.4) is 0 Å². The third kappa shape index (κ3) is 5.33. The lowest BCUT2D eigenvalue weighted by molar-refractivity contribution is 0.111. The molecule has 2 atom stereocenters. The van der Waals surface area contributed by atoms with Crippen LogP contribution in [-0.2, 0) is 0 Å². The van der Waals surface area contributed by atoms with Gasteiger partial charge in [0.1, 0.15) is 0 Å². The molecular weight excluding hydrogens is 152 g/mol. The zero-order chi connectivity index (χ0) is 9.40. The predicted molar refractivity (Wildman–Crippen MR) is 50.9 cm³/mol. The standard InChI is InChI=1S/C10H20O2/c1-3-4-5-6-7-10(12)9(2)8-11/h6-7,9-12H,3-5,8H2,1-2H3/b7-6+/t9-,10+/m0/s1. The maximum Gasteiger partial charge on any atom is 0.0768 e. The zero-order valence-corrected chi connectivity index (χ0v) is 8.03. The van der Waals surface area contributed by atoms with Crippen molar-refractivity contribution in [1.29, 1.82) is 0 Å². The van der Waals surface area contributed by atoms with Gasteiger partial charge in [-0.2, -0.15) is 0 Å². The number of allylic oxidation sites excluding steroid dienone is 1. The van der Waals surface area contributed by atoms with E-state index in [0.29, 0.717) is 0 Å². The Morgan fingerprint density at radius 3 is 2.58 bits per heavy atom. The van der Waals surface area contributed by atoms with Crippen molar-refractivity contribution in [3.05, 3.63) is 12.2 Å². The van der Waals surface area contributed by atoms with Gasteiger partial charge in [-0.15, -0.1) is 0 Å². The highest BCUT2D eigenvalue weighted by Gasteiger charge is 2.07. The van der Waals surface area contributed by atoms with Gasteiger partial charge >= 0.3 is 0 Å². The Morgan fingerprint density at radius 2 is 2.08 bits per heavy atom. The molecule has 0 rings (SSSR count). The highest BCUT2D eigenvalue weighted by Crippen LogP contribution is 2.04. The lowest BCUT2D eigenvalue weighted by Gasteiger charge is -2.11. The van der Waals surface area contributed by atoms with Gasteiger partial charge in [-0.25, -0.2) is 0 Å². The normalized spacial score (nSPS) is 16.7. The number of hydrogen-bond acceptors (Lipinski definition) is 2. The summed E-state index contributed by atoms with van der Waals surface area (Å²) in [4.78, 5) is 0. The average molecular weight is 172 g/mol. The van der Waals surface area contributed by atoms with Gasteiger partial charge in [-0.05, 0) is 6.42 Å². The number of aliphatic hydroxyl groups is 2. The summed E-state index contributed by atoms with van der Waals surface area (Å²) in [5.74, 6) is -0.0529. The van der Waals surface area contributed by atoms with Crippen molar-refractivity contribution in [3.63, 3.8) is 0 Å². The molecule has 0 aromatic rings. The molecule has 0 aromatic heterocycles. The van der Waals surface area contributed by atoms with Crippen molar-refractivity contribution < 1.29 is 10.2 Å². The summed E-state index contributed by atoms with van der Waals surface area (Å²) in [6, 6.07) is 0. The quantitative estimate of drug-likeness (QED) is 0.473. The summed E-state index contributed by atoms with van der Waals surface area (Å²) in [5.41, 5.74) is 0. The van der Waals surface area contributed by atoms with Gasteiger partial charge in [-0.1, -0.05) is 38.8 Å². The molecule has 0 saturated heterocycles. The minimum absolute atomic E-state index is 0.0410. The van der Waals surface area contributed by atoms with Gasteiger partial charge in [0, 0.05) is 12.5 Å². The first kappa shape index (κ1) is 11.7. The minimum atomic E-state index is -0.494. The molecule has 0 amide bonds. The smallest absolute Gasteiger partial charge is 0.0768 e. The van der Waals surface area contributed by atoms with Crippen molar-refractivity contribution in [2.45, 2.75) is 39.2 Å². The van der Waals surface area contributed by atoms with Crippen LogP contribution in [0.5, 0.6) is 0 Å². The second-order valence-electron chi connectivity index (χ2n) is 3.22. The molecule has 72 valence electrons. The molecule has 0 fully saturated rings. The minimum Gasteiger partial charge on any atom is -0.396 e. The Bertz CT molecular complexity index is 121. The monoisotopic (exact) mass is 172 g/mol. The molecule has 0 bridgehead atoms. The fourth-order valence-corrected chi connectivity index (χ4v) is 0.855. The lowest BCUT2D eigenvalue weighted by atomic mass is 10.1. The van der Waals surface area contributed by atoms with Crippen LogP contribution in [0, 0.1) is 5.92 Å². The molecule has 0 aliphatic rings. The van der Waals surface area contributed by atoms with Gasteiger partial charge in [-0.3, -0.25) is 0 Å². The van der Waals surface area contributed by atoms with Gasteiger partial charge in [0.2, 0.25) is 0 Å². The fourth-order valence-electron chi connectivity index (χ4n) is 0.855. The van der Waals surface area contributed by atoms with E-state index in [1.807, 2.05) is 13.0 Å². The van der Waals surface area contributed by atoms with Crippen LogP contribution in [-0.4, -0.2) is 22.9 Å². The van der Waals surface area contributed by atoms with E-state index in [1.54, 1.807) is 6.08 Å². The molecule has 0 radical (unpaired) electrons. The van der Waals surface area contributed by atoms with E-state index < -0.39 is 6.10 Å². The van der Waals surface area contributed by atoms with E-state index >= 15 is 0 Å². The maximum absolute atomic E-state index is 9.37. The Labute approximate surface area is 74.9 Å². The van der Waals surface area contributed by atoms with Crippen LogP contribution in [0.2, 0.25) is 0 Å². The second kappa shape index (κ2) is 7.32. The molecule has 0 heterocycles. The van der Waals surface area contributed by atoms with Crippen LogP contribution >= 0.6 is 0 Å². The van der Waals surface area contributed by atoms with Crippen molar-refractivity contribution >= 4 is 0 Å². The number of unbranched alkanes of at least 4 members (excludes halogenated alkanes) is 2. The number of rotatable bonds is 6. The van der Waals surface area contributed by atoms with Crippen LogP contribution in [0.15, 0.2) is 12.2 Å². The molecule has 12 heavy (non-hydrogen) atoms. The Hall–Kier alpha value is -0.340. The first-order valence-electron chi connectivity index (χ1n) is 4.68. The second-order valence-corrected chi connectivity index (χ2v) is 3.22. The van der Waals surface area contributed by atoms with Gasteiger partial charge in [0.25, 0.3) is 0 Å². The lowest BCUT2D eigenvalue weighted by Crippen LogP contribution is -2.17. The van der Waals surface area contributed by atoms with Gasteiger partial charge in [0.05, 0.1) is 6.10 Å². The summed E-state index contributed by atoms with van der Waals surface area (Å²) in [7, 11) is 0. The third-order valence-electron chi connectivity index (χ3n) is 1.93. The van der Waals surface area contributed by atoms with E-state index in [2.05, 4.69) is 6.92 Å². The first-order chi connectivity index (χ1) is 5.72. The van der Waals surface area contributed by atoms with E-state index in [4.69, 9.17) is 5.11 Å². The molecule has 0 spiro atoms. The van der Waals surface area contributed by atoms with Gasteiger partial charge < -0.3 is 10.2 Å². The summed E-state index contributed by atoms with van der Waals surface area (Å²) in [6.45, 7) is 4.01. The molecule has 2 N–H and O–H groups in total. The SMILES string of the molecule is CCCC/C=C/[C@@H](O)[C@@H](C)CO. The van der Waals surface area contributed by atoms with Crippen LogP contribution < -0.4 is 0 Å². The highest BCUT2D eigenvalue weighted by atomic mass is 16.3. The summed E-state index contributed by atoms with van der Waals surface area (Å²) in [6.07, 6.45) is 6.63.